The van der Waals surface area contributed by atoms with Gasteiger partial charge in [0, 0.05) is 5.69 Å². The van der Waals surface area contributed by atoms with Crippen molar-refractivity contribution < 1.29 is 4.79 Å². The summed E-state index contributed by atoms with van der Waals surface area (Å²) >= 11 is 6.17. The second-order valence-electron chi connectivity index (χ2n) is 6.70. The molecule has 1 fully saturated rings. The van der Waals surface area contributed by atoms with Crippen LogP contribution in [-0.2, 0) is 6.42 Å². The van der Waals surface area contributed by atoms with Crippen LogP contribution in [0.5, 0.6) is 0 Å². The van der Waals surface area contributed by atoms with Gasteiger partial charge in [0.25, 0.3) is 5.91 Å². The monoisotopic (exact) mass is 373 g/mol. The predicted molar refractivity (Wildman–Crippen MR) is 104 cm³/mol. The third-order valence-corrected chi connectivity index (χ3v) is 5.13. The minimum Gasteiger partial charge on any atom is -0.364 e. The molecule has 2 heterocycles. The number of likely N-dealkylation sites (tertiary alicyclic amines) is 1. The molecule has 6 nitrogen and oxygen atoms in total. The Morgan fingerprint density at radius 1 is 1.35 bits per heavy atom. The summed E-state index contributed by atoms with van der Waals surface area (Å²) in [7, 11) is 2.15. The number of benzene rings is 1. The van der Waals surface area contributed by atoms with E-state index in [0.29, 0.717) is 23.9 Å². The molecule has 1 aromatic heterocycles. The van der Waals surface area contributed by atoms with Gasteiger partial charge in [-0.25, -0.2) is 9.97 Å². The maximum Gasteiger partial charge on any atom is 0.271 e. The molecule has 0 atom stereocenters. The van der Waals surface area contributed by atoms with Crippen molar-refractivity contribution in [3.8, 4) is 0 Å². The van der Waals surface area contributed by atoms with Crippen LogP contribution in [0.4, 0.5) is 11.5 Å². The predicted octanol–water partition coefficient (Wildman–Crippen LogP) is 3.34. The van der Waals surface area contributed by atoms with E-state index in [-0.39, 0.29) is 10.8 Å². The Kier molecular flexibility index (Phi) is 5.74. The van der Waals surface area contributed by atoms with Crippen LogP contribution in [0.1, 0.15) is 47.4 Å². The Labute approximate surface area is 158 Å². The van der Waals surface area contributed by atoms with Gasteiger partial charge in [0.15, 0.2) is 16.7 Å². The van der Waals surface area contributed by atoms with Crippen molar-refractivity contribution in [2.75, 3.05) is 25.5 Å². The number of nitrogens with two attached hydrogens (primary N) is 1. The first-order valence-corrected chi connectivity index (χ1v) is 9.27. The van der Waals surface area contributed by atoms with Crippen molar-refractivity contribution in [3.63, 3.8) is 0 Å². The normalized spacial score (nSPS) is 15.8. The summed E-state index contributed by atoms with van der Waals surface area (Å²) in [5.41, 5.74) is 8.27. The molecule has 1 aromatic carbocycles. The average molecular weight is 374 g/mol. The third kappa shape index (κ3) is 4.14. The summed E-state index contributed by atoms with van der Waals surface area (Å²) in [5, 5.41) is 3.45. The molecule has 0 saturated carbocycles. The number of amides is 1. The van der Waals surface area contributed by atoms with Gasteiger partial charge < -0.3 is 16.0 Å². The van der Waals surface area contributed by atoms with Gasteiger partial charge >= 0.3 is 0 Å². The summed E-state index contributed by atoms with van der Waals surface area (Å²) in [4.78, 5) is 22.7. The maximum atomic E-state index is 11.8. The summed E-state index contributed by atoms with van der Waals surface area (Å²) in [5.74, 6) is 0.207. The van der Waals surface area contributed by atoms with E-state index in [4.69, 9.17) is 17.3 Å². The van der Waals surface area contributed by atoms with Crippen molar-refractivity contribution >= 4 is 29.0 Å². The van der Waals surface area contributed by atoms with Crippen LogP contribution in [0, 0.1) is 0 Å². The van der Waals surface area contributed by atoms with Crippen LogP contribution < -0.4 is 11.1 Å². The number of piperidine rings is 1. The van der Waals surface area contributed by atoms with E-state index in [0.717, 1.165) is 31.6 Å². The van der Waals surface area contributed by atoms with E-state index in [2.05, 4.69) is 39.4 Å². The first-order chi connectivity index (χ1) is 12.5. The number of aryl methyl sites for hydroxylation is 1. The fourth-order valence-electron chi connectivity index (χ4n) is 3.28. The lowest BCUT2D eigenvalue weighted by Gasteiger charge is -2.29. The van der Waals surface area contributed by atoms with Crippen LogP contribution >= 0.6 is 11.6 Å². The molecule has 0 bridgehead atoms. The molecule has 1 aliphatic heterocycles. The molecule has 0 radical (unpaired) electrons. The fourth-order valence-corrected chi connectivity index (χ4v) is 3.54. The highest BCUT2D eigenvalue weighted by molar-refractivity contribution is 6.30. The lowest BCUT2D eigenvalue weighted by atomic mass is 9.89. The number of nitrogens with zero attached hydrogens (tertiary/aromatic N) is 3. The van der Waals surface area contributed by atoms with Gasteiger partial charge in [-0.05, 0) is 63.0 Å². The molecule has 138 valence electrons. The maximum absolute atomic E-state index is 11.8. The number of halogens is 1. The number of primary amides is 1. The van der Waals surface area contributed by atoms with E-state index < -0.39 is 5.91 Å². The number of aromatic nitrogens is 2. The van der Waals surface area contributed by atoms with Crippen LogP contribution in [-0.4, -0.2) is 40.9 Å². The summed E-state index contributed by atoms with van der Waals surface area (Å²) in [6, 6.07) is 8.20. The Bertz CT molecular complexity index is 803. The van der Waals surface area contributed by atoms with E-state index in [1.54, 1.807) is 0 Å². The third-order valence-electron chi connectivity index (χ3n) is 4.83. The summed E-state index contributed by atoms with van der Waals surface area (Å²) in [6.45, 7) is 4.11. The zero-order valence-corrected chi connectivity index (χ0v) is 15.9. The number of anilines is 2. The highest BCUT2D eigenvalue weighted by Crippen LogP contribution is 2.30. The van der Waals surface area contributed by atoms with Gasteiger partial charge in [0.05, 0.1) is 5.69 Å². The minimum atomic E-state index is -0.627. The van der Waals surface area contributed by atoms with Gasteiger partial charge in [-0.3, -0.25) is 4.79 Å². The molecule has 3 rings (SSSR count). The minimum absolute atomic E-state index is 0.107. The summed E-state index contributed by atoms with van der Waals surface area (Å²) < 4.78 is 0. The number of rotatable bonds is 5. The fraction of sp³-hybridized carbons (Fsp3) is 0.421. The molecule has 3 N–H and O–H groups in total. The van der Waals surface area contributed by atoms with E-state index >= 15 is 0 Å². The molecular formula is C19H24ClN5O. The second kappa shape index (κ2) is 8.01. The summed E-state index contributed by atoms with van der Waals surface area (Å²) in [6.07, 6.45) is 2.87. The Hall–Kier alpha value is -2.18. The molecule has 26 heavy (non-hydrogen) atoms. The van der Waals surface area contributed by atoms with E-state index in [1.165, 1.54) is 5.56 Å². The zero-order valence-electron chi connectivity index (χ0n) is 15.1. The smallest absolute Gasteiger partial charge is 0.271 e. The molecule has 2 aromatic rings. The van der Waals surface area contributed by atoms with Gasteiger partial charge in [-0.2, -0.15) is 0 Å². The largest absolute Gasteiger partial charge is 0.364 e. The molecular weight excluding hydrogens is 350 g/mol. The quantitative estimate of drug-likeness (QED) is 0.839. The first kappa shape index (κ1) is 18.6. The van der Waals surface area contributed by atoms with Crippen LogP contribution in [0.2, 0.25) is 5.15 Å². The van der Waals surface area contributed by atoms with Gasteiger partial charge in [-0.15, -0.1) is 0 Å². The highest BCUT2D eigenvalue weighted by atomic mass is 35.5. The van der Waals surface area contributed by atoms with Crippen molar-refractivity contribution in [1.29, 1.82) is 0 Å². The molecule has 0 aliphatic carbocycles. The molecule has 1 aliphatic rings. The lowest BCUT2D eigenvalue weighted by Crippen LogP contribution is -2.29. The molecule has 0 unspecified atom stereocenters. The lowest BCUT2D eigenvalue weighted by molar-refractivity contribution is 0.0996. The van der Waals surface area contributed by atoms with E-state index in [9.17, 15) is 4.79 Å². The van der Waals surface area contributed by atoms with Crippen LogP contribution in [0.3, 0.4) is 0 Å². The number of carbonyl (C=O) groups excluding carboxylic acids is 1. The van der Waals surface area contributed by atoms with Crippen molar-refractivity contribution in [2.24, 2.45) is 5.73 Å². The van der Waals surface area contributed by atoms with Crippen molar-refractivity contribution in [1.82, 2.24) is 14.9 Å². The number of hydrogen-bond acceptors (Lipinski definition) is 5. The Morgan fingerprint density at radius 2 is 2.08 bits per heavy atom. The second-order valence-corrected chi connectivity index (χ2v) is 7.06. The zero-order chi connectivity index (χ0) is 18.7. The Morgan fingerprint density at radius 3 is 2.73 bits per heavy atom. The topological polar surface area (TPSA) is 84.1 Å². The Balaban J connectivity index is 1.86. The van der Waals surface area contributed by atoms with Crippen LogP contribution in [0.15, 0.2) is 24.3 Å². The number of nitrogens with one attached hydrogen (secondary N) is 1. The van der Waals surface area contributed by atoms with Gasteiger partial charge in [-0.1, -0.05) is 30.7 Å². The van der Waals surface area contributed by atoms with Gasteiger partial charge in [0.1, 0.15) is 0 Å². The SMILES string of the molecule is CCc1nc(C(N)=O)c(Nc2cccc(C3CCN(C)CC3)c2)nc1Cl. The molecule has 0 spiro atoms. The van der Waals surface area contributed by atoms with Gasteiger partial charge in [0.2, 0.25) is 0 Å². The van der Waals surface area contributed by atoms with Crippen molar-refractivity contribution in [2.45, 2.75) is 32.1 Å². The highest BCUT2D eigenvalue weighted by Gasteiger charge is 2.20. The molecule has 1 saturated heterocycles. The van der Waals surface area contributed by atoms with Crippen LogP contribution in [0.25, 0.3) is 0 Å². The first-order valence-electron chi connectivity index (χ1n) is 8.89. The molecule has 7 heteroatoms. The van der Waals surface area contributed by atoms with Crippen molar-refractivity contribution in [3.05, 3.63) is 46.4 Å². The number of hydrogen-bond donors (Lipinski definition) is 2. The van der Waals surface area contributed by atoms with E-state index in [1.807, 2.05) is 19.1 Å². The standard InChI is InChI=1S/C19H24ClN5O/c1-3-15-17(20)24-19(16(23-15)18(21)26)22-14-6-4-5-13(11-14)12-7-9-25(2)10-8-12/h4-6,11-12H,3,7-10H2,1-2H3,(H2,21,26)(H,22,24). The number of carbonyl (C=O) groups is 1. The average Bonchev–Trinajstić information content (AvgIpc) is 2.62. The molecule has 1 amide bonds.